The molecule has 0 aliphatic carbocycles. The summed E-state index contributed by atoms with van der Waals surface area (Å²) in [6.07, 6.45) is -1.06. The Morgan fingerprint density at radius 2 is 2.19 bits per heavy atom. The number of aliphatic hydroxyl groups is 1. The summed E-state index contributed by atoms with van der Waals surface area (Å²) in [7, 11) is 0. The number of hydrogen-bond acceptors (Lipinski definition) is 5. The van der Waals surface area contributed by atoms with Gasteiger partial charge in [-0.05, 0) is 25.3 Å². The molecule has 1 aliphatic rings. The van der Waals surface area contributed by atoms with Gasteiger partial charge in [-0.25, -0.2) is 4.79 Å². The molecule has 0 saturated heterocycles. The van der Waals surface area contributed by atoms with Crippen molar-refractivity contribution in [3.05, 3.63) is 16.3 Å². The van der Waals surface area contributed by atoms with E-state index in [4.69, 9.17) is 9.84 Å². The minimum absolute atomic E-state index is 0.0289. The molecule has 2 amide bonds. The minimum Gasteiger partial charge on any atom is -0.484 e. The SMILES string of the molecule is CC1(C)Oc2ccsc2[C@@H](NC(=O)NCCC(=O)O)[C@@H]1O. The van der Waals surface area contributed by atoms with Gasteiger partial charge < -0.3 is 25.6 Å². The molecule has 0 fully saturated rings. The number of thiophene rings is 1. The molecule has 1 aliphatic heterocycles. The first kappa shape index (κ1) is 15.6. The van der Waals surface area contributed by atoms with Crippen molar-refractivity contribution in [2.45, 2.75) is 38.0 Å². The molecule has 4 N–H and O–H groups in total. The molecule has 2 rings (SSSR count). The number of rotatable bonds is 4. The Morgan fingerprint density at radius 1 is 1.48 bits per heavy atom. The van der Waals surface area contributed by atoms with Crippen molar-refractivity contribution in [3.8, 4) is 5.75 Å². The van der Waals surface area contributed by atoms with E-state index in [-0.39, 0.29) is 13.0 Å². The predicted octanol–water partition coefficient (Wildman–Crippen LogP) is 1.09. The molecule has 0 saturated carbocycles. The molecule has 0 aromatic carbocycles. The van der Waals surface area contributed by atoms with Crippen LogP contribution in [0.2, 0.25) is 0 Å². The van der Waals surface area contributed by atoms with Crippen molar-refractivity contribution in [2.75, 3.05) is 6.54 Å². The smallest absolute Gasteiger partial charge is 0.315 e. The lowest BCUT2D eigenvalue weighted by Crippen LogP contribution is -2.54. The maximum atomic E-state index is 11.8. The van der Waals surface area contributed by atoms with E-state index in [0.29, 0.717) is 5.75 Å². The van der Waals surface area contributed by atoms with Crippen LogP contribution in [0.25, 0.3) is 0 Å². The highest BCUT2D eigenvalue weighted by Crippen LogP contribution is 2.42. The molecule has 0 unspecified atom stereocenters. The fraction of sp³-hybridized carbons (Fsp3) is 0.538. The maximum absolute atomic E-state index is 11.8. The van der Waals surface area contributed by atoms with Gasteiger partial charge in [-0.3, -0.25) is 4.79 Å². The van der Waals surface area contributed by atoms with Crippen LogP contribution in [0.5, 0.6) is 5.75 Å². The highest BCUT2D eigenvalue weighted by molar-refractivity contribution is 7.10. The van der Waals surface area contributed by atoms with Gasteiger partial charge in [0.15, 0.2) is 0 Å². The van der Waals surface area contributed by atoms with E-state index in [1.54, 1.807) is 19.9 Å². The molecule has 2 atom stereocenters. The minimum atomic E-state index is -0.983. The summed E-state index contributed by atoms with van der Waals surface area (Å²) in [5.74, 6) is -0.339. The number of amides is 2. The first-order valence-corrected chi connectivity index (χ1v) is 7.40. The lowest BCUT2D eigenvalue weighted by Gasteiger charge is -2.40. The Bertz CT molecular complexity index is 542. The van der Waals surface area contributed by atoms with Crippen molar-refractivity contribution in [3.63, 3.8) is 0 Å². The third-order valence-electron chi connectivity index (χ3n) is 3.25. The Labute approximate surface area is 125 Å². The summed E-state index contributed by atoms with van der Waals surface area (Å²) in [5, 5.41) is 25.9. The Morgan fingerprint density at radius 3 is 2.86 bits per heavy atom. The highest BCUT2D eigenvalue weighted by atomic mass is 32.1. The second-order valence-electron chi connectivity index (χ2n) is 5.32. The molecule has 0 radical (unpaired) electrons. The quantitative estimate of drug-likeness (QED) is 0.665. The van der Waals surface area contributed by atoms with Crippen molar-refractivity contribution in [1.29, 1.82) is 0 Å². The van der Waals surface area contributed by atoms with E-state index in [1.165, 1.54) is 11.3 Å². The predicted molar refractivity (Wildman–Crippen MR) is 76.6 cm³/mol. The van der Waals surface area contributed by atoms with Gasteiger partial charge >= 0.3 is 12.0 Å². The Hall–Kier alpha value is -1.80. The van der Waals surface area contributed by atoms with Crippen molar-refractivity contribution in [1.82, 2.24) is 10.6 Å². The summed E-state index contributed by atoms with van der Waals surface area (Å²) in [6, 6.07) is 0.691. The van der Waals surface area contributed by atoms with E-state index >= 15 is 0 Å². The van der Waals surface area contributed by atoms with E-state index in [9.17, 15) is 14.7 Å². The Kier molecular flexibility index (Phi) is 4.38. The van der Waals surface area contributed by atoms with Gasteiger partial charge in [0.1, 0.15) is 17.5 Å². The van der Waals surface area contributed by atoms with Gasteiger partial charge in [-0.2, -0.15) is 0 Å². The van der Waals surface area contributed by atoms with Crippen LogP contribution in [0.1, 0.15) is 31.2 Å². The number of carboxylic acid groups (broad SMARTS) is 1. The number of hydrogen-bond donors (Lipinski definition) is 4. The fourth-order valence-electron chi connectivity index (χ4n) is 2.13. The number of fused-ring (bicyclic) bond motifs is 1. The number of ether oxygens (including phenoxy) is 1. The molecule has 0 bridgehead atoms. The number of nitrogens with one attached hydrogen (secondary N) is 2. The average molecular weight is 314 g/mol. The molecule has 2 heterocycles. The monoisotopic (exact) mass is 314 g/mol. The van der Waals surface area contributed by atoms with E-state index < -0.39 is 29.7 Å². The molecule has 21 heavy (non-hydrogen) atoms. The zero-order valence-corrected chi connectivity index (χ0v) is 12.6. The molecular weight excluding hydrogens is 296 g/mol. The molecule has 116 valence electrons. The number of carboxylic acids is 1. The zero-order chi connectivity index (χ0) is 15.6. The maximum Gasteiger partial charge on any atom is 0.315 e. The summed E-state index contributed by atoms with van der Waals surface area (Å²) in [4.78, 5) is 23.0. The van der Waals surface area contributed by atoms with Crippen molar-refractivity contribution < 1.29 is 24.5 Å². The summed E-state index contributed by atoms with van der Waals surface area (Å²) >= 11 is 1.39. The molecule has 1 aromatic heterocycles. The van der Waals surface area contributed by atoms with E-state index in [1.807, 2.05) is 5.38 Å². The van der Waals surface area contributed by atoms with Crippen LogP contribution in [-0.4, -0.2) is 40.5 Å². The van der Waals surface area contributed by atoms with Crippen LogP contribution in [0, 0.1) is 0 Å². The lowest BCUT2D eigenvalue weighted by atomic mass is 9.91. The zero-order valence-electron chi connectivity index (χ0n) is 11.8. The Balaban J connectivity index is 2.05. The first-order valence-electron chi connectivity index (χ1n) is 6.52. The number of aliphatic carboxylic acids is 1. The first-order chi connectivity index (χ1) is 9.81. The second-order valence-corrected chi connectivity index (χ2v) is 6.27. The average Bonchev–Trinajstić information content (AvgIpc) is 2.81. The third-order valence-corrected chi connectivity index (χ3v) is 4.23. The molecule has 1 aromatic rings. The molecular formula is C13H18N2O5S. The third kappa shape index (κ3) is 3.45. The second kappa shape index (κ2) is 5.90. The van der Waals surface area contributed by atoms with Gasteiger partial charge in [0, 0.05) is 6.54 Å². The number of carbonyl (C=O) groups excluding carboxylic acids is 1. The highest BCUT2D eigenvalue weighted by Gasteiger charge is 2.44. The van der Waals surface area contributed by atoms with Gasteiger partial charge in [0.25, 0.3) is 0 Å². The molecule has 8 heteroatoms. The van der Waals surface area contributed by atoms with Crippen LogP contribution in [-0.2, 0) is 4.79 Å². The number of carbonyl (C=O) groups is 2. The standard InChI is InChI=1S/C13H18N2O5S/c1-13(2)11(18)9(10-7(20-13)4-6-21-10)15-12(19)14-5-3-8(16)17/h4,6,9,11,18H,3,5H2,1-2H3,(H,16,17)(H2,14,15,19)/t9-,11+/m1/s1. The normalized spacial score (nSPS) is 22.8. The lowest BCUT2D eigenvalue weighted by molar-refractivity contribution is -0.136. The summed E-state index contributed by atoms with van der Waals surface area (Å²) in [5.41, 5.74) is -0.826. The summed E-state index contributed by atoms with van der Waals surface area (Å²) < 4.78 is 5.71. The van der Waals surface area contributed by atoms with Crippen molar-refractivity contribution >= 4 is 23.3 Å². The van der Waals surface area contributed by atoms with Gasteiger partial charge in [0.2, 0.25) is 0 Å². The number of aliphatic hydroxyl groups excluding tert-OH is 1. The largest absolute Gasteiger partial charge is 0.484 e. The van der Waals surface area contributed by atoms with E-state index in [0.717, 1.165) is 4.88 Å². The van der Waals surface area contributed by atoms with Crippen LogP contribution in [0.15, 0.2) is 11.4 Å². The number of urea groups is 1. The van der Waals surface area contributed by atoms with Crippen LogP contribution in [0.3, 0.4) is 0 Å². The molecule has 7 nitrogen and oxygen atoms in total. The van der Waals surface area contributed by atoms with Crippen LogP contribution in [0.4, 0.5) is 4.79 Å². The van der Waals surface area contributed by atoms with Gasteiger partial charge in [-0.1, -0.05) is 0 Å². The van der Waals surface area contributed by atoms with Crippen LogP contribution < -0.4 is 15.4 Å². The fourth-order valence-corrected chi connectivity index (χ4v) is 3.03. The van der Waals surface area contributed by atoms with Gasteiger partial charge in [0.05, 0.1) is 17.3 Å². The van der Waals surface area contributed by atoms with Crippen LogP contribution >= 0.6 is 11.3 Å². The van der Waals surface area contributed by atoms with E-state index in [2.05, 4.69) is 10.6 Å². The van der Waals surface area contributed by atoms with Gasteiger partial charge in [-0.15, -0.1) is 11.3 Å². The molecule has 0 spiro atoms. The summed E-state index contributed by atoms with van der Waals surface area (Å²) in [6.45, 7) is 3.52. The topological polar surface area (TPSA) is 108 Å². The van der Waals surface area contributed by atoms with Crippen molar-refractivity contribution in [2.24, 2.45) is 0 Å².